The van der Waals surface area contributed by atoms with E-state index in [1.54, 1.807) is 0 Å². The van der Waals surface area contributed by atoms with Crippen molar-refractivity contribution >= 4 is 18.6 Å². The maximum atomic E-state index is 11.2. The van der Waals surface area contributed by atoms with E-state index in [4.69, 9.17) is 4.74 Å². The second kappa shape index (κ2) is 5.04. The predicted molar refractivity (Wildman–Crippen MR) is 51.9 cm³/mol. The summed E-state index contributed by atoms with van der Waals surface area (Å²) in [4.78, 5) is 10.1. The number of hydrogen-bond acceptors (Lipinski definition) is 7. The average molecular weight is 216 g/mol. The molecule has 6 nitrogen and oxygen atoms in total. The van der Waals surface area contributed by atoms with Gasteiger partial charge >= 0.3 is 5.97 Å². The largest absolute Gasteiger partial charge is 0.466 e. The van der Waals surface area contributed by atoms with E-state index in [0.29, 0.717) is 6.61 Å². The van der Waals surface area contributed by atoms with Gasteiger partial charge in [-0.3, -0.25) is 4.79 Å². The van der Waals surface area contributed by atoms with Crippen LogP contribution in [0.4, 0.5) is 0 Å². The molecule has 0 saturated carbocycles. The summed E-state index contributed by atoms with van der Waals surface area (Å²) < 4.78 is 4.92. The Morgan fingerprint density at radius 1 is 1.43 bits per heavy atom. The molecule has 0 aromatic carbocycles. The average Bonchev–Trinajstić information content (AvgIpc) is 2.52. The lowest BCUT2D eigenvalue weighted by atomic mass is 10.3. The fraction of sp³-hybridized carbons (Fsp3) is 0.857. The topological polar surface area (TPSA) is 75.7 Å². The zero-order valence-electron chi connectivity index (χ0n) is 7.88. The number of carbonyl (C=O) groups excluding carboxylic acids is 1. The van der Waals surface area contributed by atoms with Gasteiger partial charge in [-0.05, 0) is 16.9 Å². The summed E-state index contributed by atoms with van der Waals surface area (Å²) in [5.74, 6) is -0.381. The zero-order chi connectivity index (χ0) is 10.4. The van der Waals surface area contributed by atoms with Crippen LogP contribution < -0.4 is 0 Å². The second-order valence-electron chi connectivity index (χ2n) is 2.90. The van der Waals surface area contributed by atoms with Gasteiger partial charge in [0.25, 0.3) is 0 Å². The summed E-state index contributed by atoms with van der Waals surface area (Å²) in [7, 11) is 0. The molecular weight excluding hydrogens is 204 g/mol. The number of esters is 1. The van der Waals surface area contributed by atoms with Gasteiger partial charge in [0.1, 0.15) is 6.42 Å². The Hall–Kier alpha value is -0.980. The van der Waals surface area contributed by atoms with Crippen molar-refractivity contribution in [1.29, 1.82) is 0 Å². The molecule has 1 heterocycles. The SMILES string of the molecule is CCCCOC(=O)CC1(S)N=NN=N1. The van der Waals surface area contributed by atoms with E-state index in [1.165, 1.54) is 0 Å². The zero-order valence-corrected chi connectivity index (χ0v) is 8.78. The van der Waals surface area contributed by atoms with Crippen LogP contribution in [-0.4, -0.2) is 17.6 Å². The van der Waals surface area contributed by atoms with Gasteiger partial charge in [0.2, 0.25) is 4.99 Å². The number of carbonyl (C=O) groups is 1. The molecule has 0 aromatic heterocycles. The molecule has 1 aliphatic heterocycles. The van der Waals surface area contributed by atoms with Crippen molar-refractivity contribution in [3.63, 3.8) is 0 Å². The normalized spacial score (nSPS) is 17.3. The van der Waals surface area contributed by atoms with E-state index in [9.17, 15) is 4.79 Å². The Bertz CT molecular complexity index is 254. The molecular formula is C7H12N4O2S. The maximum absolute atomic E-state index is 11.2. The number of unbranched alkanes of at least 4 members (excludes halogenated alkanes) is 1. The van der Waals surface area contributed by atoms with Crippen LogP contribution in [0.2, 0.25) is 0 Å². The van der Waals surface area contributed by atoms with Crippen molar-refractivity contribution in [1.82, 2.24) is 0 Å². The van der Waals surface area contributed by atoms with E-state index < -0.39 is 4.99 Å². The lowest BCUT2D eigenvalue weighted by Crippen LogP contribution is -2.20. The van der Waals surface area contributed by atoms with Gasteiger partial charge in [0.05, 0.1) is 6.61 Å². The smallest absolute Gasteiger partial charge is 0.311 e. The minimum Gasteiger partial charge on any atom is -0.466 e. The first-order valence-corrected chi connectivity index (χ1v) is 4.83. The summed E-state index contributed by atoms with van der Waals surface area (Å²) >= 11 is 4.04. The number of thiol groups is 1. The Morgan fingerprint density at radius 2 is 2.07 bits per heavy atom. The highest BCUT2D eigenvalue weighted by Gasteiger charge is 2.32. The van der Waals surface area contributed by atoms with Gasteiger partial charge in [-0.15, -0.1) is 22.9 Å². The van der Waals surface area contributed by atoms with Crippen LogP contribution in [0.5, 0.6) is 0 Å². The first kappa shape index (κ1) is 11.1. The third-order valence-corrected chi connectivity index (χ3v) is 1.93. The van der Waals surface area contributed by atoms with Gasteiger partial charge in [-0.1, -0.05) is 13.3 Å². The maximum Gasteiger partial charge on any atom is 0.311 e. The van der Waals surface area contributed by atoms with E-state index in [1.807, 2.05) is 6.92 Å². The lowest BCUT2D eigenvalue weighted by molar-refractivity contribution is -0.144. The van der Waals surface area contributed by atoms with Crippen molar-refractivity contribution in [2.75, 3.05) is 6.61 Å². The molecule has 1 rings (SSSR count). The van der Waals surface area contributed by atoms with Crippen molar-refractivity contribution in [3.8, 4) is 0 Å². The van der Waals surface area contributed by atoms with Gasteiger partial charge < -0.3 is 4.74 Å². The van der Waals surface area contributed by atoms with Crippen molar-refractivity contribution in [2.45, 2.75) is 31.2 Å². The molecule has 14 heavy (non-hydrogen) atoms. The highest BCUT2D eigenvalue weighted by molar-refractivity contribution is 7.81. The first-order valence-electron chi connectivity index (χ1n) is 4.38. The monoisotopic (exact) mass is 216 g/mol. The number of ether oxygens (including phenoxy) is 1. The van der Waals surface area contributed by atoms with Crippen LogP contribution >= 0.6 is 12.6 Å². The Balaban J connectivity index is 2.26. The van der Waals surface area contributed by atoms with E-state index in [2.05, 4.69) is 33.3 Å². The standard InChI is InChI=1S/C7H12N4O2S/c1-2-3-4-13-6(12)5-7(14)8-10-11-9-7/h14H,2-5H2,1H3. The molecule has 0 N–H and O–H groups in total. The molecule has 0 saturated heterocycles. The highest BCUT2D eigenvalue weighted by Crippen LogP contribution is 2.28. The van der Waals surface area contributed by atoms with Crippen molar-refractivity contribution in [3.05, 3.63) is 0 Å². The van der Waals surface area contributed by atoms with Crippen LogP contribution in [0.3, 0.4) is 0 Å². The van der Waals surface area contributed by atoms with Crippen LogP contribution in [0.15, 0.2) is 20.7 Å². The minimum absolute atomic E-state index is 0.0349. The van der Waals surface area contributed by atoms with Crippen molar-refractivity contribution < 1.29 is 9.53 Å². The van der Waals surface area contributed by atoms with Crippen LogP contribution in [0, 0.1) is 0 Å². The van der Waals surface area contributed by atoms with Crippen LogP contribution in [-0.2, 0) is 9.53 Å². The van der Waals surface area contributed by atoms with Gasteiger partial charge in [-0.2, -0.15) is 0 Å². The van der Waals surface area contributed by atoms with Crippen LogP contribution in [0.1, 0.15) is 26.2 Å². The predicted octanol–water partition coefficient (Wildman–Crippen LogP) is 2.14. The molecule has 0 amide bonds. The van der Waals surface area contributed by atoms with E-state index >= 15 is 0 Å². The molecule has 0 radical (unpaired) electrons. The summed E-state index contributed by atoms with van der Waals surface area (Å²) in [5.41, 5.74) is 0. The molecule has 0 fully saturated rings. The van der Waals surface area contributed by atoms with E-state index in [-0.39, 0.29) is 12.4 Å². The summed E-state index contributed by atoms with van der Waals surface area (Å²) in [5, 5.41) is 13.8. The van der Waals surface area contributed by atoms with Crippen molar-refractivity contribution in [2.24, 2.45) is 20.7 Å². The summed E-state index contributed by atoms with van der Waals surface area (Å²) in [6, 6.07) is 0. The number of nitrogens with zero attached hydrogens (tertiary/aromatic N) is 4. The molecule has 0 atom stereocenters. The van der Waals surface area contributed by atoms with Crippen LogP contribution in [0.25, 0.3) is 0 Å². The number of rotatable bonds is 5. The first-order chi connectivity index (χ1) is 6.66. The minimum atomic E-state index is -1.15. The molecule has 0 aromatic rings. The molecule has 1 aliphatic rings. The molecule has 0 bridgehead atoms. The molecule has 0 spiro atoms. The third-order valence-electron chi connectivity index (χ3n) is 1.59. The third kappa shape index (κ3) is 3.41. The highest BCUT2D eigenvalue weighted by atomic mass is 32.1. The van der Waals surface area contributed by atoms with E-state index in [0.717, 1.165) is 12.8 Å². The molecule has 0 aliphatic carbocycles. The fourth-order valence-electron chi connectivity index (χ4n) is 0.849. The lowest BCUT2D eigenvalue weighted by Gasteiger charge is -2.11. The number of hydrogen-bond donors (Lipinski definition) is 1. The fourth-order valence-corrected chi connectivity index (χ4v) is 1.06. The summed E-state index contributed by atoms with van der Waals surface area (Å²) in [6.45, 7) is 2.45. The second-order valence-corrected chi connectivity index (χ2v) is 3.62. The van der Waals surface area contributed by atoms with Gasteiger partial charge in [-0.25, -0.2) is 0 Å². The Morgan fingerprint density at radius 3 is 2.64 bits per heavy atom. The van der Waals surface area contributed by atoms with Gasteiger partial charge in [0.15, 0.2) is 0 Å². The molecule has 78 valence electrons. The molecule has 0 unspecified atom stereocenters. The Labute approximate surface area is 87.2 Å². The summed E-state index contributed by atoms with van der Waals surface area (Å²) in [6.07, 6.45) is 1.81. The molecule has 7 heteroatoms. The quantitative estimate of drug-likeness (QED) is 0.434. The van der Waals surface area contributed by atoms with Gasteiger partial charge in [0, 0.05) is 0 Å². The Kier molecular flexibility index (Phi) is 3.99.